The van der Waals surface area contributed by atoms with E-state index in [1.54, 1.807) is 12.4 Å². The van der Waals surface area contributed by atoms with Crippen molar-refractivity contribution >= 4 is 18.8 Å². The Morgan fingerprint density at radius 2 is 1.47 bits per heavy atom. The second kappa shape index (κ2) is 14.5. The molecule has 0 aliphatic carbocycles. The van der Waals surface area contributed by atoms with Gasteiger partial charge in [-0.25, -0.2) is 12.4 Å². The van der Waals surface area contributed by atoms with Gasteiger partial charge in [-0.15, -0.1) is 12.1 Å². The molecule has 0 unspecified atom stereocenters. The number of halogens is 2. The summed E-state index contributed by atoms with van der Waals surface area (Å²) in [5, 5.41) is 8.24. The van der Waals surface area contributed by atoms with Crippen LogP contribution in [0.3, 0.4) is 0 Å². The van der Waals surface area contributed by atoms with E-state index in [2.05, 4.69) is 21.1 Å². The molecule has 0 N–H and O–H groups in total. The number of hydrogen-bond donors (Lipinski definition) is 0. The van der Waals surface area contributed by atoms with E-state index in [1.807, 2.05) is 27.7 Å². The molecule has 0 aliphatic heterocycles. The fraction of sp³-hybridized carbons (Fsp3) is 0.818. The summed E-state index contributed by atoms with van der Waals surface area (Å²) in [5.41, 5.74) is 0. The van der Waals surface area contributed by atoms with Gasteiger partial charge in [-0.2, -0.15) is 0 Å². The Morgan fingerprint density at radius 3 is 1.65 bits per heavy atom. The quantitative estimate of drug-likeness (QED) is 0.509. The molecule has 0 bridgehead atoms. The van der Waals surface area contributed by atoms with Gasteiger partial charge >= 0.3 is 57.3 Å². The van der Waals surface area contributed by atoms with E-state index in [4.69, 9.17) is 18.8 Å². The number of rotatable bonds is 6. The summed E-state index contributed by atoms with van der Waals surface area (Å²) in [6.45, 7) is 11.1. The van der Waals surface area contributed by atoms with Gasteiger partial charge in [0.15, 0.2) is 0 Å². The van der Waals surface area contributed by atoms with Crippen molar-refractivity contribution in [2.75, 3.05) is 6.54 Å². The zero-order valence-corrected chi connectivity index (χ0v) is 15.7. The fourth-order valence-corrected chi connectivity index (χ4v) is 2.86. The van der Waals surface area contributed by atoms with Crippen molar-refractivity contribution in [2.24, 2.45) is 3.50 Å². The molecule has 0 heterocycles. The van der Waals surface area contributed by atoms with Gasteiger partial charge in [0, 0.05) is 0 Å². The van der Waals surface area contributed by atoms with Gasteiger partial charge in [-0.3, -0.25) is 0 Å². The third-order valence-electron chi connectivity index (χ3n) is 1.25. The molecule has 0 spiro atoms. The molecule has 104 valence electrons. The van der Waals surface area contributed by atoms with Crippen LogP contribution in [-0.4, -0.2) is 18.6 Å². The maximum atomic E-state index is 5.45. The summed E-state index contributed by atoms with van der Waals surface area (Å²) in [4.78, 5) is 0. The summed E-state index contributed by atoms with van der Waals surface area (Å²) < 4.78 is 3.97. The van der Waals surface area contributed by atoms with Gasteiger partial charge in [-0.1, -0.05) is 27.7 Å². The molecule has 0 radical (unpaired) electrons. The molecule has 6 heteroatoms. The second-order valence-corrected chi connectivity index (χ2v) is 12.2. The molecule has 0 saturated heterocycles. The van der Waals surface area contributed by atoms with Gasteiger partial charge in [0.05, 0.1) is 0 Å². The molecule has 0 aliphatic rings. The van der Waals surface area contributed by atoms with Crippen molar-refractivity contribution in [1.29, 1.82) is 0 Å². The third-order valence-corrected chi connectivity index (χ3v) is 4.20. The normalized spacial score (nSPS) is 10.7. The Kier molecular flexibility index (Phi) is 16.8. The van der Waals surface area contributed by atoms with Gasteiger partial charge in [0.2, 0.25) is 0 Å². The van der Waals surface area contributed by atoms with E-state index in [-0.39, 0.29) is 0 Å². The van der Waals surface area contributed by atoms with E-state index in [0.717, 1.165) is 13.0 Å². The zero-order valence-electron chi connectivity index (χ0n) is 11.2. The molecule has 3 nitrogen and oxygen atoms in total. The molecule has 17 heavy (non-hydrogen) atoms. The predicted octanol–water partition coefficient (Wildman–Crippen LogP) is 5.53. The Balaban J connectivity index is 0. The first kappa shape index (κ1) is 19.7. The monoisotopic (exact) mass is 451 g/mol. The maximum absolute atomic E-state index is 5.45. The number of hydrogen-bond acceptors (Lipinski definition) is 1. The minimum atomic E-state index is -2.06. The third kappa shape index (κ3) is 26.2. The van der Waals surface area contributed by atoms with Gasteiger partial charge < -0.3 is 10.6 Å². The topological polar surface area (TPSA) is 40.6 Å². The molecule has 0 atom stereocenters. The fourth-order valence-electron chi connectivity index (χ4n) is 0.582. The average molecular weight is 452 g/mol. The van der Waals surface area contributed by atoms with E-state index in [0.29, 0.717) is 12.1 Å². The van der Waals surface area contributed by atoms with Crippen molar-refractivity contribution in [1.82, 2.24) is 0 Å². The van der Waals surface area contributed by atoms with E-state index < -0.39 is 15.0 Å². The van der Waals surface area contributed by atoms with Crippen LogP contribution in [0, 0.1) is 0 Å². The summed E-state index contributed by atoms with van der Waals surface area (Å²) in [5.74, 6) is 0. The molecule has 0 rings (SSSR count). The van der Waals surface area contributed by atoms with Gasteiger partial charge in [0.1, 0.15) is 0 Å². The minimum absolute atomic E-state index is 0.374. The first-order valence-electron chi connectivity index (χ1n) is 5.69. The SMILES string of the molecule is CC(C)[N-]/C=C\[N-]C(C)C.CCC[N]=[W]([Cl])[Cl]. The summed E-state index contributed by atoms with van der Waals surface area (Å²) >= 11 is -2.06. The van der Waals surface area contributed by atoms with Crippen LogP contribution in [0.5, 0.6) is 0 Å². The van der Waals surface area contributed by atoms with Crippen molar-refractivity contribution in [3.05, 3.63) is 23.0 Å². The molecule has 0 aromatic heterocycles. The Hall–Kier alpha value is 0.408. The summed E-state index contributed by atoms with van der Waals surface area (Å²) in [7, 11) is 10.9. The molecule has 0 aromatic rings. The Morgan fingerprint density at radius 1 is 1.06 bits per heavy atom. The van der Waals surface area contributed by atoms with Gasteiger partial charge in [-0.05, 0) is 0 Å². The molecule has 0 aromatic carbocycles. The van der Waals surface area contributed by atoms with Crippen LogP contribution >= 0.6 is 18.8 Å². The van der Waals surface area contributed by atoms with Crippen LogP contribution in [0.2, 0.25) is 0 Å². The predicted molar refractivity (Wildman–Crippen MR) is 75.4 cm³/mol. The van der Waals surface area contributed by atoms with E-state index in [9.17, 15) is 0 Å². The molecule has 0 fully saturated rings. The van der Waals surface area contributed by atoms with Crippen LogP contribution in [0.25, 0.3) is 10.6 Å². The van der Waals surface area contributed by atoms with E-state index in [1.165, 1.54) is 0 Å². The first-order valence-corrected chi connectivity index (χ1v) is 14.3. The van der Waals surface area contributed by atoms with Crippen LogP contribution in [0.4, 0.5) is 0 Å². The van der Waals surface area contributed by atoms with Crippen LogP contribution in [0.1, 0.15) is 41.0 Å². The van der Waals surface area contributed by atoms with E-state index >= 15 is 0 Å². The Labute approximate surface area is 120 Å². The van der Waals surface area contributed by atoms with Crippen molar-refractivity contribution in [3.63, 3.8) is 0 Å². The van der Waals surface area contributed by atoms with Crippen LogP contribution < -0.4 is 0 Å². The first-order chi connectivity index (χ1) is 7.90. The Bertz CT molecular complexity index is 203. The summed E-state index contributed by atoms with van der Waals surface area (Å²) in [6, 6.07) is 0.747. The van der Waals surface area contributed by atoms with Crippen molar-refractivity contribution in [2.45, 2.75) is 53.1 Å². The van der Waals surface area contributed by atoms with Crippen molar-refractivity contribution in [3.8, 4) is 0 Å². The molecular formula is C11H23Cl2N3W-2. The molecular weight excluding hydrogens is 429 g/mol. The number of nitrogens with zero attached hydrogens (tertiary/aromatic N) is 3. The average Bonchev–Trinajstić information content (AvgIpc) is 2.22. The second-order valence-electron chi connectivity index (χ2n) is 3.83. The summed E-state index contributed by atoms with van der Waals surface area (Å²) in [6.07, 6.45) is 4.57. The molecule has 0 saturated carbocycles. The van der Waals surface area contributed by atoms with Gasteiger partial charge in [0.25, 0.3) is 0 Å². The van der Waals surface area contributed by atoms with Crippen molar-refractivity contribution < 1.29 is 15.0 Å². The zero-order chi connectivity index (χ0) is 13.7. The van der Waals surface area contributed by atoms with Crippen LogP contribution in [-0.2, 0) is 15.0 Å². The molecule has 0 amide bonds. The van der Waals surface area contributed by atoms with Crippen LogP contribution in [0.15, 0.2) is 15.9 Å². The standard InChI is InChI=1S/C8H16N2.C3H7N.2ClH.W/c1-7(2)9-5-6-10-8(3)4;1-2-3-4;;;/h5-8H,1-4H3;2-3H2,1H3;2*1H;/q-2;;;;+2/p-2/b6-5-;;;;.